The summed E-state index contributed by atoms with van der Waals surface area (Å²) in [4.78, 5) is 12.5. The van der Waals surface area contributed by atoms with Crippen molar-refractivity contribution in [3.63, 3.8) is 0 Å². The van der Waals surface area contributed by atoms with Gasteiger partial charge in [-0.05, 0) is 6.92 Å². The van der Waals surface area contributed by atoms with E-state index in [0.717, 1.165) is 0 Å². The fourth-order valence-electron chi connectivity index (χ4n) is 1.01. The van der Waals surface area contributed by atoms with E-state index in [0.29, 0.717) is 6.54 Å². The van der Waals surface area contributed by atoms with Crippen LogP contribution in [-0.2, 0) is 9.53 Å². The first kappa shape index (κ1) is 8.02. The van der Waals surface area contributed by atoms with Crippen LogP contribution in [0.3, 0.4) is 0 Å². The van der Waals surface area contributed by atoms with Gasteiger partial charge in [0.25, 0.3) is 0 Å². The first-order valence-electron chi connectivity index (χ1n) is 3.50. The van der Waals surface area contributed by atoms with E-state index in [-0.39, 0.29) is 25.2 Å². The van der Waals surface area contributed by atoms with E-state index < -0.39 is 0 Å². The number of nitrogens with zero attached hydrogens (tertiary/aromatic N) is 2. The highest BCUT2D eigenvalue weighted by molar-refractivity contribution is 5.78. The molecule has 11 heavy (non-hydrogen) atoms. The summed E-state index contributed by atoms with van der Waals surface area (Å²) in [6, 6.07) is 1.94. The first-order valence-corrected chi connectivity index (χ1v) is 3.50. The second-order valence-corrected chi connectivity index (χ2v) is 2.55. The number of nitriles is 1. The first-order chi connectivity index (χ1) is 5.24. The Hall–Kier alpha value is -1.08. The molecule has 1 amide bonds. The molecule has 1 atom stereocenters. The lowest BCUT2D eigenvalue weighted by molar-refractivity contribution is -0.146. The topological polar surface area (TPSA) is 53.3 Å². The van der Waals surface area contributed by atoms with Crippen molar-refractivity contribution in [1.29, 1.82) is 5.26 Å². The molecule has 1 saturated heterocycles. The molecule has 1 aliphatic heterocycles. The molecule has 0 aliphatic carbocycles. The highest BCUT2D eigenvalue weighted by atomic mass is 16.5. The van der Waals surface area contributed by atoms with Crippen molar-refractivity contribution >= 4 is 5.91 Å². The molecular weight excluding hydrogens is 144 g/mol. The summed E-state index contributed by atoms with van der Waals surface area (Å²) in [6.45, 7) is 2.71. The van der Waals surface area contributed by atoms with Crippen LogP contribution in [0, 0.1) is 11.3 Å². The quantitative estimate of drug-likeness (QED) is 0.490. The second-order valence-electron chi connectivity index (χ2n) is 2.55. The van der Waals surface area contributed by atoms with Crippen LogP contribution >= 0.6 is 0 Å². The van der Waals surface area contributed by atoms with Gasteiger partial charge in [0.1, 0.15) is 13.2 Å². The van der Waals surface area contributed by atoms with E-state index in [1.807, 2.05) is 13.0 Å². The second kappa shape index (κ2) is 3.35. The molecule has 1 rings (SSSR count). The zero-order chi connectivity index (χ0) is 8.27. The Morgan fingerprint density at radius 2 is 2.64 bits per heavy atom. The summed E-state index contributed by atoms with van der Waals surface area (Å²) < 4.78 is 5.07. The molecule has 0 radical (unpaired) electrons. The number of morpholine rings is 1. The maximum absolute atomic E-state index is 11.0. The Bertz CT molecular complexity index is 197. The number of carbonyl (C=O) groups excluding carboxylic acids is 1. The van der Waals surface area contributed by atoms with Gasteiger partial charge in [-0.25, -0.2) is 0 Å². The lowest BCUT2D eigenvalue weighted by Crippen LogP contribution is -2.45. The van der Waals surface area contributed by atoms with Crippen molar-refractivity contribution in [3.05, 3.63) is 0 Å². The number of hydrogen-bond acceptors (Lipinski definition) is 3. The smallest absolute Gasteiger partial charge is 0.249 e. The predicted octanol–water partition coefficient (Wildman–Crippen LogP) is -0.243. The highest BCUT2D eigenvalue weighted by Gasteiger charge is 2.22. The van der Waals surface area contributed by atoms with Gasteiger partial charge in [0.15, 0.2) is 0 Å². The van der Waals surface area contributed by atoms with Crippen molar-refractivity contribution in [2.75, 3.05) is 19.7 Å². The van der Waals surface area contributed by atoms with E-state index >= 15 is 0 Å². The number of carbonyl (C=O) groups is 1. The number of ether oxygens (including phenoxy) is 1. The van der Waals surface area contributed by atoms with Gasteiger partial charge in [-0.1, -0.05) is 0 Å². The third-order valence-electron chi connectivity index (χ3n) is 1.58. The van der Waals surface area contributed by atoms with Crippen LogP contribution in [0.1, 0.15) is 6.92 Å². The highest BCUT2D eigenvalue weighted by Crippen LogP contribution is 2.04. The zero-order valence-electron chi connectivity index (χ0n) is 6.41. The summed E-state index contributed by atoms with van der Waals surface area (Å²) in [5, 5.41) is 8.34. The molecule has 4 heteroatoms. The van der Waals surface area contributed by atoms with Gasteiger partial charge >= 0.3 is 0 Å². The van der Waals surface area contributed by atoms with E-state index in [1.165, 1.54) is 4.90 Å². The molecule has 1 fully saturated rings. The van der Waals surface area contributed by atoms with Crippen molar-refractivity contribution in [1.82, 2.24) is 4.90 Å². The third-order valence-corrected chi connectivity index (χ3v) is 1.58. The summed E-state index contributed by atoms with van der Waals surface area (Å²) >= 11 is 0. The Balaban J connectivity index is 2.49. The molecule has 0 spiro atoms. The minimum Gasteiger partial charge on any atom is -0.367 e. The molecule has 0 unspecified atom stereocenters. The molecule has 0 aromatic rings. The Labute approximate surface area is 65.4 Å². The molecule has 60 valence electrons. The minimum atomic E-state index is -0.0929. The molecular formula is C7H10N2O2. The third kappa shape index (κ3) is 1.92. The van der Waals surface area contributed by atoms with Crippen molar-refractivity contribution < 1.29 is 9.53 Å². The number of amides is 1. The molecule has 1 heterocycles. The van der Waals surface area contributed by atoms with E-state index in [4.69, 9.17) is 10.00 Å². The molecule has 0 bridgehead atoms. The summed E-state index contributed by atoms with van der Waals surface area (Å²) in [5.74, 6) is -0.0929. The van der Waals surface area contributed by atoms with Crippen LogP contribution < -0.4 is 0 Å². The molecule has 0 N–H and O–H groups in total. The fourth-order valence-corrected chi connectivity index (χ4v) is 1.01. The molecule has 0 saturated carbocycles. The molecule has 1 aliphatic rings. The molecule has 4 nitrogen and oxygen atoms in total. The van der Waals surface area contributed by atoms with E-state index in [1.54, 1.807) is 0 Å². The van der Waals surface area contributed by atoms with E-state index in [2.05, 4.69) is 0 Å². The summed E-state index contributed by atoms with van der Waals surface area (Å²) in [7, 11) is 0. The number of rotatable bonds is 1. The van der Waals surface area contributed by atoms with Gasteiger partial charge in [-0.3, -0.25) is 4.79 Å². The monoisotopic (exact) mass is 154 g/mol. The van der Waals surface area contributed by atoms with Gasteiger partial charge in [0, 0.05) is 6.54 Å². The average molecular weight is 154 g/mol. The van der Waals surface area contributed by atoms with Crippen LogP contribution in [0.25, 0.3) is 0 Å². The maximum atomic E-state index is 11.0. The van der Waals surface area contributed by atoms with Gasteiger partial charge in [-0.15, -0.1) is 0 Å². The largest absolute Gasteiger partial charge is 0.367 e. The SMILES string of the molecule is C[C@H]1CN(CC#N)C(=O)CO1. The number of hydrogen-bond donors (Lipinski definition) is 0. The predicted molar refractivity (Wildman–Crippen MR) is 37.6 cm³/mol. The Morgan fingerprint density at radius 1 is 1.91 bits per heavy atom. The summed E-state index contributed by atoms with van der Waals surface area (Å²) in [5.41, 5.74) is 0. The summed E-state index contributed by atoms with van der Waals surface area (Å²) in [6.07, 6.45) is 0.0565. The zero-order valence-corrected chi connectivity index (χ0v) is 6.41. The minimum absolute atomic E-state index is 0.0565. The van der Waals surface area contributed by atoms with Crippen LogP contribution in [0.5, 0.6) is 0 Å². The van der Waals surface area contributed by atoms with Gasteiger partial charge in [-0.2, -0.15) is 5.26 Å². The van der Waals surface area contributed by atoms with E-state index in [9.17, 15) is 4.79 Å². The van der Waals surface area contributed by atoms with Crippen molar-refractivity contribution in [3.8, 4) is 6.07 Å². The lowest BCUT2D eigenvalue weighted by Gasteiger charge is -2.28. The fraction of sp³-hybridized carbons (Fsp3) is 0.714. The van der Waals surface area contributed by atoms with Crippen molar-refractivity contribution in [2.45, 2.75) is 13.0 Å². The Morgan fingerprint density at radius 3 is 3.27 bits per heavy atom. The van der Waals surface area contributed by atoms with Crippen LogP contribution in [0.15, 0.2) is 0 Å². The van der Waals surface area contributed by atoms with Gasteiger partial charge < -0.3 is 9.64 Å². The van der Waals surface area contributed by atoms with Gasteiger partial charge in [0.05, 0.1) is 12.2 Å². The maximum Gasteiger partial charge on any atom is 0.249 e. The van der Waals surface area contributed by atoms with Crippen LogP contribution in [0.2, 0.25) is 0 Å². The van der Waals surface area contributed by atoms with Crippen LogP contribution in [-0.4, -0.2) is 36.6 Å². The molecule has 0 aromatic heterocycles. The normalized spacial score (nSPS) is 24.9. The van der Waals surface area contributed by atoms with Gasteiger partial charge in [0.2, 0.25) is 5.91 Å². The lowest BCUT2D eigenvalue weighted by atomic mass is 10.3. The standard InChI is InChI=1S/C7H10N2O2/c1-6-4-9(3-2-8)7(10)5-11-6/h6H,3-5H2,1H3/t6-/m0/s1. The van der Waals surface area contributed by atoms with Crippen molar-refractivity contribution in [2.24, 2.45) is 0 Å². The average Bonchev–Trinajstić information content (AvgIpc) is 1.98. The Kier molecular flexibility index (Phi) is 2.44. The molecule has 0 aromatic carbocycles. The van der Waals surface area contributed by atoms with Crippen LogP contribution in [0.4, 0.5) is 0 Å².